The first-order chi connectivity index (χ1) is 5.29. The third kappa shape index (κ3) is 2.97. The van der Waals surface area contributed by atoms with Crippen LogP contribution in [-0.4, -0.2) is 16.3 Å². The minimum Gasteiger partial charge on any atom is -0.377 e. The van der Waals surface area contributed by atoms with E-state index in [9.17, 15) is 0 Å². The molecule has 0 aliphatic carbocycles. The highest BCUT2D eigenvalue weighted by molar-refractivity contribution is 5.38. The maximum atomic E-state index is 8.82. The molecule has 0 radical (unpaired) electrons. The molecule has 3 N–H and O–H groups in total. The molecule has 0 fully saturated rings. The number of hydrogen-bond acceptors (Lipinski definition) is 4. The third-order valence-electron chi connectivity index (χ3n) is 1.09. The molecule has 0 bridgehead atoms. The zero-order valence-electron chi connectivity index (χ0n) is 6.28. The van der Waals surface area contributed by atoms with Gasteiger partial charge in [-0.25, -0.2) is 5.43 Å². The molecule has 0 saturated heterocycles. The normalized spacial score (nSPS) is 12.5. The number of aliphatic hydroxyl groups is 1. The van der Waals surface area contributed by atoms with E-state index in [1.54, 1.807) is 19.3 Å². The molecule has 1 unspecified atom stereocenters. The number of pyridine rings is 1. The number of nitrogens with one attached hydrogen (secondary N) is 2. The molecule has 0 aliphatic heterocycles. The van der Waals surface area contributed by atoms with Gasteiger partial charge in [-0.3, -0.25) is 4.98 Å². The zero-order valence-corrected chi connectivity index (χ0v) is 6.28. The Morgan fingerprint density at radius 2 is 2.45 bits per heavy atom. The van der Waals surface area contributed by atoms with Crippen LogP contribution in [0.25, 0.3) is 0 Å². The Morgan fingerprint density at radius 3 is 3.00 bits per heavy atom. The fraction of sp³-hybridized carbons (Fsp3) is 0.286. The summed E-state index contributed by atoms with van der Waals surface area (Å²) in [5, 5.41) is 8.82. The van der Waals surface area contributed by atoms with Crippen LogP contribution in [0.4, 0.5) is 5.69 Å². The first kappa shape index (κ1) is 7.97. The van der Waals surface area contributed by atoms with Crippen LogP contribution in [-0.2, 0) is 0 Å². The van der Waals surface area contributed by atoms with Crippen molar-refractivity contribution in [1.82, 2.24) is 10.4 Å². The quantitative estimate of drug-likeness (QED) is 0.433. The molecule has 1 heterocycles. The van der Waals surface area contributed by atoms with Crippen molar-refractivity contribution in [3.63, 3.8) is 0 Å². The molecule has 1 aromatic rings. The highest BCUT2D eigenvalue weighted by atomic mass is 16.3. The molecule has 0 aliphatic rings. The average molecular weight is 153 g/mol. The second kappa shape index (κ2) is 3.90. The highest BCUT2D eigenvalue weighted by Crippen LogP contribution is 1.99. The molecule has 4 heteroatoms. The fourth-order valence-corrected chi connectivity index (χ4v) is 0.624. The largest absolute Gasteiger partial charge is 0.377 e. The Balaban J connectivity index is 2.39. The van der Waals surface area contributed by atoms with Crippen LogP contribution in [0.1, 0.15) is 6.92 Å². The van der Waals surface area contributed by atoms with Gasteiger partial charge in [-0.1, -0.05) is 0 Å². The van der Waals surface area contributed by atoms with Crippen molar-refractivity contribution in [3.05, 3.63) is 24.5 Å². The summed E-state index contributed by atoms with van der Waals surface area (Å²) in [6.45, 7) is 1.63. The minimum absolute atomic E-state index is 0.574. The molecule has 0 amide bonds. The summed E-state index contributed by atoms with van der Waals surface area (Å²) in [6, 6.07) is 3.66. The van der Waals surface area contributed by atoms with Crippen LogP contribution < -0.4 is 10.9 Å². The maximum Gasteiger partial charge on any atom is 0.118 e. The van der Waals surface area contributed by atoms with Gasteiger partial charge in [-0.05, 0) is 19.1 Å². The summed E-state index contributed by atoms with van der Waals surface area (Å²) in [5.41, 5.74) is 6.24. The van der Waals surface area contributed by atoms with E-state index in [4.69, 9.17) is 5.11 Å². The van der Waals surface area contributed by atoms with Crippen LogP contribution >= 0.6 is 0 Å². The summed E-state index contributed by atoms with van der Waals surface area (Å²) in [5.74, 6) is 0. The fourth-order valence-electron chi connectivity index (χ4n) is 0.624. The number of anilines is 1. The molecular weight excluding hydrogens is 142 g/mol. The molecule has 0 aromatic carbocycles. The first-order valence-corrected chi connectivity index (χ1v) is 3.38. The predicted octanol–water partition coefficient (Wildman–Crippen LogP) is 0.336. The zero-order chi connectivity index (χ0) is 8.10. The molecule has 1 atom stereocenters. The number of aliphatic hydroxyl groups excluding tert-OH is 1. The monoisotopic (exact) mass is 153 g/mol. The van der Waals surface area contributed by atoms with Crippen LogP contribution in [0, 0.1) is 0 Å². The van der Waals surface area contributed by atoms with Crippen LogP contribution in [0.3, 0.4) is 0 Å². The lowest BCUT2D eigenvalue weighted by Gasteiger charge is -2.09. The van der Waals surface area contributed by atoms with Gasteiger partial charge in [-0.15, -0.1) is 0 Å². The van der Waals surface area contributed by atoms with Crippen LogP contribution in [0.15, 0.2) is 24.5 Å². The molecule has 60 valence electrons. The Bertz CT molecular complexity index is 200. The molecule has 11 heavy (non-hydrogen) atoms. The number of rotatable bonds is 3. The molecule has 1 aromatic heterocycles. The standard InChI is InChI=1S/C7H11N3O/c1-6(11)9-10-7-3-2-4-8-5-7/h2-6,9-11H,1H3. The van der Waals surface area contributed by atoms with Crippen molar-refractivity contribution in [1.29, 1.82) is 0 Å². The van der Waals surface area contributed by atoms with E-state index in [0.717, 1.165) is 5.69 Å². The Labute approximate surface area is 65.2 Å². The predicted molar refractivity (Wildman–Crippen MR) is 42.7 cm³/mol. The third-order valence-corrected chi connectivity index (χ3v) is 1.09. The van der Waals surface area contributed by atoms with Crippen molar-refractivity contribution >= 4 is 5.69 Å². The lowest BCUT2D eigenvalue weighted by atomic mass is 10.4. The summed E-state index contributed by atoms with van der Waals surface area (Å²) >= 11 is 0. The molecule has 4 nitrogen and oxygen atoms in total. The molecular formula is C7H11N3O. The van der Waals surface area contributed by atoms with E-state index in [1.807, 2.05) is 12.1 Å². The van der Waals surface area contributed by atoms with Gasteiger partial charge in [0.15, 0.2) is 0 Å². The molecule has 0 saturated carbocycles. The van der Waals surface area contributed by atoms with Crippen molar-refractivity contribution in [3.8, 4) is 0 Å². The SMILES string of the molecule is CC(O)NNc1cccnc1. The van der Waals surface area contributed by atoms with Crippen molar-refractivity contribution in [2.75, 3.05) is 5.43 Å². The van der Waals surface area contributed by atoms with Crippen LogP contribution in [0.2, 0.25) is 0 Å². The number of hydrogen-bond donors (Lipinski definition) is 3. The lowest BCUT2D eigenvalue weighted by Crippen LogP contribution is -2.30. The van der Waals surface area contributed by atoms with Crippen molar-refractivity contribution in [2.45, 2.75) is 13.2 Å². The van der Waals surface area contributed by atoms with Gasteiger partial charge in [0.1, 0.15) is 6.23 Å². The number of nitrogens with zero attached hydrogens (tertiary/aromatic N) is 1. The smallest absolute Gasteiger partial charge is 0.118 e. The van der Waals surface area contributed by atoms with E-state index in [2.05, 4.69) is 15.8 Å². The Kier molecular flexibility index (Phi) is 2.83. The van der Waals surface area contributed by atoms with Gasteiger partial charge in [-0.2, -0.15) is 0 Å². The van der Waals surface area contributed by atoms with E-state index in [0.29, 0.717) is 0 Å². The summed E-state index contributed by atoms with van der Waals surface area (Å²) in [7, 11) is 0. The average Bonchev–Trinajstić information content (AvgIpc) is 2.03. The second-order valence-electron chi connectivity index (χ2n) is 2.19. The topological polar surface area (TPSA) is 57.2 Å². The van der Waals surface area contributed by atoms with Gasteiger partial charge in [0.2, 0.25) is 0 Å². The van der Waals surface area contributed by atoms with E-state index in [-0.39, 0.29) is 0 Å². The van der Waals surface area contributed by atoms with E-state index in [1.165, 1.54) is 0 Å². The highest BCUT2D eigenvalue weighted by Gasteiger charge is 1.91. The maximum absolute atomic E-state index is 8.82. The van der Waals surface area contributed by atoms with Gasteiger partial charge < -0.3 is 10.5 Å². The summed E-state index contributed by atoms with van der Waals surface area (Å²) in [4.78, 5) is 3.88. The minimum atomic E-state index is -0.574. The molecule has 0 spiro atoms. The number of aromatic nitrogens is 1. The first-order valence-electron chi connectivity index (χ1n) is 3.38. The van der Waals surface area contributed by atoms with Gasteiger partial charge in [0, 0.05) is 6.20 Å². The van der Waals surface area contributed by atoms with Crippen molar-refractivity contribution < 1.29 is 5.11 Å². The van der Waals surface area contributed by atoms with Crippen molar-refractivity contribution in [2.24, 2.45) is 0 Å². The second-order valence-corrected chi connectivity index (χ2v) is 2.19. The van der Waals surface area contributed by atoms with Gasteiger partial charge >= 0.3 is 0 Å². The van der Waals surface area contributed by atoms with E-state index >= 15 is 0 Å². The van der Waals surface area contributed by atoms with Crippen LogP contribution in [0.5, 0.6) is 0 Å². The van der Waals surface area contributed by atoms with Gasteiger partial charge in [0.05, 0.1) is 11.9 Å². The molecule has 1 rings (SSSR count). The van der Waals surface area contributed by atoms with Gasteiger partial charge in [0.25, 0.3) is 0 Å². The Morgan fingerprint density at radius 1 is 1.64 bits per heavy atom. The number of hydrazine groups is 1. The lowest BCUT2D eigenvalue weighted by molar-refractivity contribution is 0.166. The van der Waals surface area contributed by atoms with E-state index < -0.39 is 6.23 Å². The Hall–Kier alpha value is -1.13. The summed E-state index contributed by atoms with van der Waals surface area (Å²) < 4.78 is 0. The summed E-state index contributed by atoms with van der Waals surface area (Å²) in [6.07, 6.45) is 2.78.